The minimum Gasteiger partial charge on any atom is -0.467 e. The number of hydrogen-bond acceptors (Lipinski definition) is 3. The van der Waals surface area contributed by atoms with Gasteiger partial charge in [-0.2, -0.15) is 4.99 Å². The molecule has 0 fully saturated rings. The predicted molar refractivity (Wildman–Crippen MR) is 58.1 cm³/mol. The number of ether oxygens (including phenoxy) is 1. The van der Waals surface area contributed by atoms with E-state index in [-0.39, 0.29) is 17.8 Å². The molecule has 0 amide bonds. The van der Waals surface area contributed by atoms with Crippen LogP contribution in [0.15, 0.2) is 9.98 Å². The summed E-state index contributed by atoms with van der Waals surface area (Å²) in [6.45, 7) is 3.63. The van der Waals surface area contributed by atoms with Crippen LogP contribution in [0.3, 0.4) is 0 Å². The quantitative estimate of drug-likeness (QED) is 0.308. The SMILES string of the molecule is COC(=O)C(N=C(N)N=C(N)N)C(C)C. The van der Waals surface area contributed by atoms with Crippen LogP contribution in [0.1, 0.15) is 13.8 Å². The van der Waals surface area contributed by atoms with Gasteiger partial charge < -0.3 is 21.9 Å². The second-order valence-electron chi connectivity index (χ2n) is 3.24. The number of hydrogen-bond donors (Lipinski definition) is 3. The molecule has 7 heteroatoms. The van der Waals surface area contributed by atoms with Crippen molar-refractivity contribution in [3.63, 3.8) is 0 Å². The summed E-state index contributed by atoms with van der Waals surface area (Å²) in [6.07, 6.45) is 0. The summed E-state index contributed by atoms with van der Waals surface area (Å²) in [6, 6.07) is -0.696. The minimum absolute atomic E-state index is 0.0507. The summed E-state index contributed by atoms with van der Waals surface area (Å²) < 4.78 is 4.57. The number of aliphatic imine (C=N–C) groups is 2. The Bertz CT molecular complexity index is 281. The molecule has 0 aliphatic carbocycles. The summed E-state index contributed by atoms with van der Waals surface area (Å²) >= 11 is 0. The van der Waals surface area contributed by atoms with Crippen molar-refractivity contribution < 1.29 is 9.53 Å². The molecule has 0 aliphatic rings. The maximum absolute atomic E-state index is 11.3. The largest absolute Gasteiger partial charge is 0.467 e. The fourth-order valence-corrected chi connectivity index (χ4v) is 0.898. The van der Waals surface area contributed by atoms with Gasteiger partial charge in [0.15, 0.2) is 12.0 Å². The van der Waals surface area contributed by atoms with E-state index in [9.17, 15) is 4.79 Å². The summed E-state index contributed by atoms with van der Waals surface area (Å²) in [4.78, 5) is 18.6. The van der Waals surface area contributed by atoms with Crippen LogP contribution >= 0.6 is 0 Å². The van der Waals surface area contributed by atoms with Gasteiger partial charge in [0.2, 0.25) is 5.96 Å². The monoisotopic (exact) mass is 215 g/mol. The van der Waals surface area contributed by atoms with Crippen LogP contribution in [-0.4, -0.2) is 31.0 Å². The van der Waals surface area contributed by atoms with Crippen molar-refractivity contribution in [3.8, 4) is 0 Å². The number of rotatable bonds is 3. The lowest BCUT2D eigenvalue weighted by Crippen LogP contribution is -2.31. The Labute approximate surface area is 88.4 Å². The van der Waals surface area contributed by atoms with Crippen LogP contribution in [-0.2, 0) is 9.53 Å². The van der Waals surface area contributed by atoms with Crippen LogP contribution in [0.25, 0.3) is 0 Å². The smallest absolute Gasteiger partial charge is 0.330 e. The molecule has 86 valence electrons. The van der Waals surface area contributed by atoms with Gasteiger partial charge in [-0.05, 0) is 5.92 Å². The third kappa shape index (κ3) is 4.84. The van der Waals surface area contributed by atoms with E-state index in [0.29, 0.717) is 0 Å². The highest BCUT2D eigenvalue weighted by atomic mass is 16.5. The van der Waals surface area contributed by atoms with Gasteiger partial charge in [0.05, 0.1) is 7.11 Å². The lowest BCUT2D eigenvalue weighted by molar-refractivity contribution is -0.143. The molecular weight excluding hydrogens is 198 g/mol. The number of methoxy groups -OCH3 is 1. The Hall–Kier alpha value is -1.79. The summed E-state index contributed by atoms with van der Waals surface area (Å²) in [5, 5.41) is 0. The van der Waals surface area contributed by atoms with E-state index in [1.807, 2.05) is 13.8 Å². The molecule has 1 unspecified atom stereocenters. The maximum atomic E-state index is 11.3. The molecule has 7 nitrogen and oxygen atoms in total. The summed E-state index contributed by atoms with van der Waals surface area (Å²) in [5.74, 6) is -0.869. The number of esters is 1. The highest BCUT2D eigenvalue weighted by Gasteiger charge is 2.22. The third-order valence-corrected chi connectivity index (χ3v) is 1.59. The zero-order chi connectivity index (χ0) is 12.0. The van der Waals surface area contributed by atoms with E-state index < -0.39 is 12.0 Å². The maximum Gasteiger partial charge on any atom is 0.330 e. The van der Waals surface area contributed by atoms with Crippen LogP contribution < -0.4 is 17.2 Å². The average molecular weight is 215 g/mol. The number of guanidine groups is 2. The van der Waals surface area contributed by atoms with Gasteiger partial charge in [-0.1, -0.05) is 13.8 Å². The molecule has 0 saturated heterocycles. The molecule has 0 aromatic carbocycles. The molecule has 0 rings (SSSR count). The Morgan fingerprint density at radius 1 is 1.27 bits per heavy atom. The predicted octanol–water partition coefficient (Wildman–Crippen LogP) is -1.23. The third-order valence-electron chi connectivity index (χ3n) is 1.59. The van der Waals surface area contributed by atoms with E-state index in [4.69, 9.17) is 17.2 Å². The lowest BCUT2D eigenvalue weighted by Gasteiger charge is -2.13. The number of nitrogens with two attached hydrogens (primary N) is 3. The first kappa shape index (κ1) is 13.2. The van der Waals surface area contributed by atoms with Gasteiger partial charge in [0.25, 0.3) is 0 Å². The van der Waals surface area contributed by atoms with E-state index in [0.717, 1.165) is 0 Å². The van der Waals surface area contributed by atoms with Crippen LogP contribution in [0, 0.1) is 5.92 Å². The zero-order valence-corrected chi connectivity index (χ0v) is 9.10. The highest BCUT2D eigenvalue weighted by molar-refractivity contribution is 5.93. The Balaban J connectivity index is 4.82. The molecular formula is C8H17N5O2. The van der Waals surface area contributed by atoms with Crippen LogP contribution in [0.2, 0.25) is 0 Å². The van der Waals surface area contributed by atoms with Gasteiger partial charge in [-0.25, -0.2) is 9.79 Å². The fraction of sp³-hybridized carbons (Fsp3) is 0.625. The molecule has 0 bridgehead atoms. The molecule has 0 spiro atoms. The van der Waals surface area contributed by atoms with E-state index in [1.165, 1.54) is 7.11 Å². The molecule has 0 aromatic rings. The molecule has 1 atom stereocenters. The topological polar surface area (TPSA) is 129 Å². The second kappa shape index (κ2) is 5.84. The molecule has 0 aromatic heterocycles. The fourth-order valence-electron chi connectivity index (χ4n) is 0.898. The lowest BCUT2D eigenvalue weighted by atomic mass is 10.1. The summed E-state index contributed by atoms with van der Waals surface area (Å²) in [7, 11) is 1.28. The van der Waals surface area contributed by atoms with E-state index in [2.05, 4.69) is 14.7 Å². The van der Waals surface area contributed by atoms with Crippen molar-refractivity contribution in [2.45, 2.75) is 19.9 Å². The van der Waals surface area contributed by atoms with Crippen molar-refractivity contribution in [1.29, 1.82) is 0 Å². The number of carbonyl (C=O) groups excluding carboxylic acids is 1. The molecule has 0 aliphatic heterocycles. The Kier molecular flexibility index (Phi) is 5.14. The Morgan fingerprint density at radius 2 is 1.80 bits per heavy atom. The molecule has 15 heavy (non-hydrogen) atoms. The van der Waals surface area contributed by atoms with Gasteiger partial charge in [0, 0.05) is 0 Å². The van der Waals surface area contributed by atoms with Crippen molar-refractivity contribution in [1.82, 2.24) is 0 Å². The zero-order valence-electron chi connectivity index (χ0n) is 9.10. The first-order valence-electron chi connectivity index (χ1n) is 4.39. The van der Waals surface area contributed by atoms with Gasteiger partial charge in [-0.3, -0.25) is 0 Å². The minimum atomic E-state index is -0.696. The van der Waals surface area contributed by atoms with Gasteiger partial charge in [0.1, 0.15) is 0 Å². The Morgan fingerprint density at radius 3 is 2.13 bits per heavy atom. The van der Waals surface area contributed by atoms with Gasteiger partial charge >= 0.3 is 5.97 Å². The first-order valence-corrected chi connectivity index (χ1v) is 4.39. The molecule has 0 radical (unpaired) electrons. The highest BCUT2D eigenvalue weighted by Crippen LogP contribution is 2.08. The van der Waals surface area contributed by atoms with E-state index in [1.54, 1.807) is 0 Å². The van der Waals surface area contributed by atoms with Crippen molar-refractivity contribution in [2.75, 3.05) is 7.11 Å². The summed E-state index contributed by atoms with van der Waals surface area (Å²) in [5.41, 5.74) is 15.6. The number of nitrogens with zero attached hydrogens (tertiary/aromatic N) is 2. The van der Waals surface area contributed by atoms with Crippen molar-refractivity contribution in [3.05, 3.63) is 0 Å². The molecule has 0 heterocycles. The number of carbonyl (C=O) groups is 1. The van der Waals surface area contributed by atoms with Crippen LogP contribution in [0.5, 0.6) is 0 Å². The standard InChI is InChI=1S/C8H17N5O2/c1-4(2)5(6(14)15-3)12-8(11)13-7(9)10/h4-5H,1-3H3,(H6,9,10,11,12,13). The second-order valence-corrected chi connectivity index (χ2v) is 3.24. The van der Waals surface area contributed by atoms with Crippen molar-refractivity contribution in [2.24, 2.45) is 33.1 Å². The first-order chi connectivity index (χ1) is 6.88. The molecule has 0 saturated carbocycles. The van der Waals surface area contributed by atoms with Gasteiger partial charge in [-0.15, -0.1) is 0 Å². The molecule has 6 N–H and O–H groups in total. The average Bonchev–Trinajstić information content (AvgIpc) is 2.11. The van der Waals surface area contributed by atoms with Crippen LogP contribution in [0.4, 0.5) is 0 Å². The van der Waals surface area contributed by atoms with Crippen molar-refractivity contribution >= 4 is 17.9 Å². The normalized spacial score (nSPS) is 13.5. The van der Waals surface area contributed by atoms with E-state index >= 15 is 0 Å².